The number of hydrogen-bond acceptors (Lipinski definition) is 3. The Morgan fingerprint density at radius 1 is 0.970 bits per heavy atom. The van der Waals surface area contributed by atoms with Crippen LogP contribution in [0.3, 0.4) is 0 Å². The molecule has 0 amide bonds. The zero-order valence-corrected chi connectivity index (χ0v) is 19.6. The molecule has 4 aromatic rings. The Morgan fingerprint density at radius 3 is 2.45 bits per heavy atom. The number of carbonyl (C=O) groups is 1. The number of nitrogens with zero attached hydrogens (tertiary/aromatic N) is 1. The Labute approximate surface area is 202 Å². The van der Waals surface area contributed by atoms with E-state index in [0.29, 0.717) is 21.2 Å². The third-order valence-electron chi connectivity index (χ3n) is 5.97. The Bertz CT molecular complexity index is 1390. The largest absolute Gasteiger partial charge is 0.457 e. The summed E-state index contributed by atoms with van der Waals surface area (Å²) >= 11 is 12.5. The van der Waals surface area contributed by atoms with Crippen LogP contribution in [-0.4, -0.2) is 11.0 Å². The van der Waals surface area contributed by atoms with E-state index in [2.05, 4.69) is 37.3 Å². The third-order valence-corrected chi connectivity index (χ3v) is 6.68. The molecule has 0 fully saturated rings. The van der Waals surface area contributed by atoms with E-state index in [4.69, 9.17) is 32.9 Å². The summed E-state index contributed by atoms with van der Waals surface area (Å²) < 4.78 is 5.72. The maximum atomic E-state index is 13.4. The zero-order chi connectivity index (χ0) is 22.9. The van der Waals surface area contributed by atoms with Crippen molar-refractivity contribution in [3.63, 3.8) is 0 Å². The van der Waals surface area contributed by atoms with Crippen LogP contribution >= 0.6 is 23.2 Å². The summed E-state index contributed by atoms with van der Waals surface area (Å²) in [4.78, 5) is 18.3. The van der Waals surface area contributed by atoms with Crippen LogP contribution in [0.4, 0.5) is 0 Å². The van der Waals surface area contributed by atoms with E-state index in [1.807, 2.05) is 24.3 Å². The molecule has 3 nitrogen and oxygen atoms in total. The first kappa shape index (κ1) is 21.7. The predicted molar refractivity (Wildman–Crippen MR) is 135 cm³/mol. The monoisotopic (exact) mass is 473 g/mol. The summed E-state index contributed by atoms with van der Waals surface area (Å²) in [5.41, 5.74) is 7.22. The number of ether oxygens (including phenoxy) is 1. The van der Waals surface area contributed by atoms with Gasteiger partial charge in [-0.15, -0.1) is 0 Å². The number of benzene rings is 3. The van der Waals surface area contributed by atoms with Crippen molar-refractivity contribution in [2.75, 3.05) is 0 Å². The normalized spacial score (nSPS) is 14.0. The van der Waals surface area contributed by atoms with Crippen LogP contribution in [0, 0.1) is 6.92 Å². The van der Waals surface area contributed by atoms with Gasteiger partial charge in [0.05, 0.1) is 16.8 Å². The van der Waals surface area contributed by atoms with E-state index in [1.165, 1.54) is 5.56 Å². The fraction of sp³-hybridized carbons (Fsp3) is 0.143. The summed E-state index contributed by atoms with van der Waals surface area (Å²) in [6, 6.07) is 21.3. The van der Waals surface area contributed by atoms with Crippen molar-refractivity contribution in [3.05, 3.63) is 110 Å². The summed E-state index contributed by atoms with van der Waals surface area (Å²) in [5.74, 6) is -0.391. The molecule has 0 atom stereocenters. The van der Waals surface area contributed by atoms with Gasteiger partial charge in [-0.1, -0.05) is 77.3 Å². The van der Waals surface area contributed by atoms with Crippen molar-refractivity contribution in [3.8, 4) is 0 Å². The quantitative estimate of drug-likeness (QED) is 0.285. The Kier molecular flexibility index (Phi) is 5.92. The molecule has 5 rings (SSSR count). The highest BCUT2D eigenvalue weighted by Crippen LogP contribution is 2.38. The number of allylic oxidation sites excluding steroid dienone is 1. The van der Waals surface area contributed by atoms with Gasteiger partial charge in [-0.05, 0) is 60.7 Å². The summed E-state index contributed by atoms with van der Waals surface area (Å²) in [7, 11) is 0. The minimum absolute atomic E-state index is 0.00876. The number of aromatic nitrogens is 1. The summed E-state index contributed by atoms with van der Waals surface area (Å²) in [6.45, 7) is 2.08. The van der Waals surface area contributed by atoms with Gasteiger partial charge in [0.15, 0.2) is 0 Å². The lowest BCUT2D eigenvalue weighted by atomic mass is 10.0. The maximum absolute atomic E-state index is 13.4. The van der Waals surface area contributed by atoms with Crippen LogP contribution in [0.2, 0.25) is 10.0 Å². The molecule has 33 heavy (non-hydrogen) atoms. The van der Waals surface area contributed by atoms with E-state index in [1.54, 1.807) is 18.2 Å². The first-order valence-corrected chi connectivity index (χ1v) is 11.6. The van der Waals surface area contributed by atoms with E-state index < -0.39 is 5.97 Å². The average molecular weight is 474 g/mol. The van der Waals surface area contributed by atoms with E-state index in [-0.39, 0.29) is 6.61 Å². The third kappa shape index (κ3) is 4.27. The second kappa shape index (κ2) is 9.01. The molecular weight excluding hydrogens is 453 g/mol. The molecule has 1 aliphatic rings. The number of halogens is 2. The first-order valence-electron chi connectivity index (χ1n) is 10.8. The molecular formula is C28H21Cl2NO2. The molecule has 0 saturated heterocycles. The number of pyridine rings is 1. The lowest BCUT2D eigenvalue weighted by Crippen LogP contribution is -2.11. The lowest BCUT2D eigenvalue weighted by molar-refractivity contribution is 0.0474. The second-order valence-electron chi connectivity index (χ2n) is 8.19. The number of rotatable bonds is 4. The molecule has 0 bridgehead atoms. The Morgan fingerprint density at radius 2 is 1.70 bits per heavy atom. The van der Waals surface area contributed by atoms with Gasteiger partial charge in [-0.2, -0.15) is 0 Å². The number of aryl methyl sites for hydroxylation is 1. The average Bonchev–Trinajstić information content (AvgIpc) is 3.20. The van der Waals surface area contributed by atoms with Gasteiger partial charge >= 0.3 is 5.97 Å². The molecule has 0 N–H and O–H groups in total. The van der Waals surface area contributed by atoms with Crippen molar-refractivity contribution in [2.45, 2.75) is 26.4 Å². The fourth-order valence-electron chi connectivity index (χ4n) is 4.26. The molecule has 0 radical (unpaired) electrons. The van der Waals surface area contributed by atoms with Gasteiger partial charge in [0.1, 0.15) is 6.61 Å². The highest BCUT2D eigenvalue weighted by atomic mass is 35.5. The van der Waals surface area contributed by atoms with E-state index in [0.717, 1.165) is 46.1 Å². The van der Waals surface area contributed by atoms with Crippen molar-refractivity contribution < 1.29 is 9.53 Å². The molecule has 1 aromatic heterocycles. The molecule has 0 unspecified atom stereocenters. The minimum atomic E-state index is -0.391. The number of para-hydroxylation sites is 1. The lowest BCUT2D eigenvalue weighted by Gasteiger charge is -2.13. The topological polar surface area (TPSA) is 39.2 Å². The molecule has 1 aliphatic carbocycles. The molecule has 0 spiro atoms. The van der Waals surface area contributed by atoms with Gasteiger partial charge in [-0.25, -0.2) is 9.78 Å². The van der Waals surface area contributed by atoms with Crippen LogP contribution in [0.1, 0.15) is 44.7 Å². The van der Waals surface area contributed by atoms with Crippen LogP contribution in [0.25, 0.3) is 22.6 Å². The van der Waals surface area contributed by atoms with E-state index in [9.17, 15) is 4.79 Å². The van der Waals surface area contributed by atoms with Crippen LogP contribution in [-0.2, 0) is 17.8 Å². The van der Waals surface area contributed by atoms with Gasteiger partial charge in [0.25, 0.3) is 0 Å². The maximum Gasteiger partial charge on any atom is 0.339 e. The predicted octanol–water partition coefficient (Wildman–Crippen LogP) is 7.69. The van der Waals surface area contributed by atoms with Crippen molar-refractivity contribution in [2.24, 2.45) is 0 Å². The van der Waals surface area contributed by atoms with Crippen molar-refractivity contribution in [1.82, 2.24) is 4.98 Å². The molecule has 164 valence electrons. The number of fused-ring (bicyclic) bond motifs is 2. The van der Waals surface area contributed by atoms with Crippen LogP contribution in [0.15, 0.2) is 66.7 Å². The molecule has 5 heteroatoms. The molecule has 0 saturated carbocycles. The molecule has 3 aromatic carbocycles. The molecule has 1 heterocycles. The molecule has 0 aliphatic heterocycles. The zero-order valence-electron chi connectivity index (χ0n) is 18.1. The van der Waals surface area contributed by atoms with Crippen LogP contribution < -0.4 is 0 Å². The second-order valence-corrected chi connectivity index (χ2v) is 9.00. The van der Waals surface area contributed by atoms with Crippen molar-refractivity contribution in [1.29, 1.82) is 0 Å². The van der Waals surface area contributed by atoms with Crippen molar-refractivity contribution >= 4 is 51.7 Å². The number of carbonyl (C=O) groups excluding carboxylic acids is 1. The standard InChI is InChI=1S/C28H21Cl2NO2/c1-17-9-11-18(12-10-17)15-19-13-14-21-26(20-5-2-3-8-25(20)31-27(19)21)28(32)33-16-22-23(29)6-4-7-24(22)30/h2-12,15H,13-14,16H2,1H3. The Balaban J connectivity index is 1.55. The number of esters is 1. The fourth-order valence-corrected chi connectivity index (χ4v) is 4.76. The number of hydrogen-bond donors (Lipinski definition) is 0. The highest BCUT2D eigenvalue weighted by Gasteiger charge is 2.27. The van der Waals surface area contributed by atoms with Gasteiger partial charge in [0, 0.05) is 21.0 Å². The SMILES string of the molecule is Cc1ccc(C=C2CCc3c2nc2ccccc2c3C(=O)OCc2c(Cl)cccc2Cl)cc1. The van der Waals surface area contributed by atoms with E-state index >= 15 is 0 Å². The smallest absolute Gasteiger partial charge is 0.339 e. The van der Waals surface area contributed by atoms with Gasteiger partial charge < -0.3 is 4.74 Å². The highest BCUT2D eigenvalue weighted by molar-refractivity contribution is 6.36. The first-order chi connectivity index (χ1) is 16.0. The minimum Gasteiger partial charge on any atom is -0.457 e. The Hall–Kier alpha value is -3.14. The summed E-state index contributed by atoms with van der Waals surface area (Å²) in [6.07, 6.45) is 3.72. The summed E-state index contributed by atoms with van der Waals surface area (Å²) in [5, 5.41) is 1.75. The van der Waals surface area contributed by atoms with Gasteiger partial charge in [-0.3, -0.25) is 0 Å². The van der Waals surface area contributed by atoms with Gasteiger partial charge in [0.2, 0.25) is 0 Å². The van der Waals surface area contributed by atoms with Crippen LogP contribution in [0.5, 0.6) is 0 Å².